The van der Waals surface area contributed by atoms with Crippen molar-refractivity contribution in [3.8, 4) is 11.8 Å². The van der Waals surface area contributed by atoms with Crippen molar-refractivity contribution in [1.82, 2.24) is 0 Å². The van der Waals surface area contributed by atoms with E-state index in [9.17, 15) is 13.2 Å². The van der Waals surface area contributed by atoms with Crippen LogP contribution in [0, 0.1) is 29.3 Å². The molecule has 146 valence electrons. The molecular weight excluding hydrogens is 369 g/mol. The van der Waals surface area contributed by atoms with E-state index in [0.717, 1.165) is 29.5 Å². The molecule has 4 rings (SSSR count). The lowest BCUT2D eigenvalue weighted by molar-refractivity contribution is 0.468. The molecule has 0 nitrogen and oxygen atoms in total. The maximum atomic E-state index is 14.5. The first-order chi connectivity index (χ1) is 14.0. The Hall–Kier alpha value is -2.99. The lowest BCUT2D eigenvalue weighted by Crippen LogP contribution is -2.15. The Bertz CT molecular complexity index is 1100. The van der Waals surface area contributed by atoms with Crippen molar-refractivity contribution in [2.24, 2.45) is 0 Å². The minimum Gasteiger partial charge on any atom is -0.207 e. The van der Waals surface area contributed by atoms with Crippen LogP contribution in [0.15, 0.2) is 54.6 Å². The average Bonchev–Trinajstić information content (AvgIpc) is 2.75. The summed E-state index contributed by atoms with van der Waals surface area (Å²) in [5.74, 6) is 4.47. The lowest BCUT2D eigenvalue weighted by Gasteiger charge is -2.26. The molecule has 0 radical (unpaired) electrons. The normalized spacial score (nSPS) is 15.4. The topological polar surface area (TPSA) is 0 Å². The monoisotopic (exact) mass is 390 g/mol. The fourth-order valence-electron chi connectivity index (χ4n) is 3.97. The Labute approximate surface area is 169 Å². The van der Waals surface area contributed by atoms with Crippen molar-refractivity contribution >= 4 is 0 Å². The van der Waals surface area contributed by atoms with Crippen LogP contribution in [0.2, 0.25) is 0 Å². The molecule has 0 N–H and O–H groups in total. The summed E-state index contributed by atoms with van der Waals surface area (Å²) >= 11 is 0. The third-order valence-electron chi connectivity index (χ3n) is 5.64. The second kappa shape index (κ2) is 8.17. The van der Waals surface area contributed by atoms with Gasteiger partial charge in [-0.1, -0.05) is 37.0 Å². The van der Waals surface area contributed by atoms with Crippen LogP contribution in [-0.2, 0) is 19.3 Å². The first-order valence-corrected chi connectivity index (χ1v) is 9.91. The molecule has 0 bridgehead atoms. The number of fused-ring (bicyclic) bond motifs is 1. The molecule has 1 unspecified atom stereocenters. The first-order valence-electron chi connectivity index (χ1n) is 9.91. The van der Waals surface area contributed by atoms with E-state index in [2.05, 4.69) is 17.9 Å². The fraction of sp³-hybridized carbons (Fsp3) is 0.231. The summed E-state index contributed by atoms with van der Waals surface area (Å²) < 4.78 is 41.7. The molecule has 0 saturated carbocycles. The van der Waals surface area contributed by atoms with E-state index >= 15 is 0 Å². The number of hydrogen-bond donors (Lipinski definition) is 0. The zero-order valence-corrected chi connectivity index (χ0v) is 16.2. The highest BCUT2D eigenvalue weighted by molar-refractivity contribution is 5.47. The molecule has 3 heteroatoms. The highest BCUT2D eigenvalue weighted by Gasteiger charge is 2.24. The molecule has 3 aromatic rings. The largest absolute Gasteiger partial charge is 0.207 e. The molecule has 0 amide bonds. The van der Waals surface area contributed by atoms with Crippen molar-refractivity contribution < 1.29 is 13.2 Å². The molecule has 1 aliphatic carbocycles. The van der Waals surface area contributed by atoms with Gasteiger partial charge >= 0.3 is 0 Å². The predicted molar refractivity (Wildman–Crippen MR) is 109 cm³/mol. The van der Waals surface area contributed by atoms with E-state index in [1.807, 2.05) is 19.1 Å². The van der Waals surface area contributed by atoms with Crippen molar-refractivity contribution in [1.29, 1.82) is 0 Å². The summed E-state index contributed by atoms with van der Waals surface area (Å²) in [6, 6.07) is 15.6. The van der Waals surface area contributed by atoms with Crippen LogP contribution in [0.3, 0.4) is 0 Å². The Balaban J connectivity index is 1.55. The molecule has 0 heterocycles. The Morgan fingerprint density at radius 3 is 2.31 bits per heavy atom. The second-order valence-electron chi connectivity index (χ2n) is 7.48. The first kappa shape index (κ1) is 19.3. The molecule has 3 aromatic carbocycles. The molecule has 0 spiro atoms. The molecule has 0 aliphatic heterocycles. The number of hydrogen-bond acceptors (Lipinski definition) is 0. The molecule has 29 heavy (non-hydrogen) atoms. The average molecular weight is 390 g/mol. The van der Waals surface area contributed by atoms with Gasteiger partial charge in [-0.2, -0.15) is 0 Å². The van der Waals surface area contributed by atoms with Crippen LogP contribution in [0.4, 0.5) is 13.2 Å². The molecule has 1 atom stereocenters. The summed E-state index contributed by atoms with van der Waals surface area (Å²) in [5.41, 5.74) is 4.93. The number of aryl methyl sites for hydroxylation is 2. The lowest BCUT2D eigenvalue weighted by atomic mass is 9.79. The van der Waals surface area contributed by atoms with Gasteiger partial charge in [0.15, 0.2) is 11.6 Å². The standard InChI is InChI=1S/C26H21F3/c1-2-19-11-14-24(26(29)25(19)28)22-10-9-20-15-18(5-8-21(20)16-22)4-3-17-6-12-23(27)13-7-17/h5-8,11-15,22H,2,9-10,16H2,1H3. The summed E-state index contributed by atoms with van der Waals surface area (Å²) in [4.78, 5) is 0. The quantitative estimate of drug-likeness (QED) is 0.448. The highest BCUT2D eigenvalue weighted by Crippen LogP contribution is 2.35. The predicted octanol–water partition coefficient (Wildman–Crippen LogP) is 6.34. The Kier molecular flexibility index (Phi) is 5.45. The molecule has 1 aliphatic rings. The van der Waals surface area contributed by atoms with Crippen LogP contribution in [-0.4, -0.2) is 0 Å². The van der Waals surface area contributed by atoms with Gasteiger partial charge in [0.2, 0.25) is 0 Å². The van der Waals surface area contributed by atoms with Gasteiger partial charge < -0.3 is 0 Å². The smallest absolute Gasteiger partial charge is 0.162 e. The second-order valence-corrected chi connectivity index (χ2v) is 7.48. The zero-order chi connectivity index (χ0) is 20.4. The molecule has 0 fully saturated rings. The van der Waals surface area contributed by atoms with E-state index in [1.165, 1.54) is 17.7 Å². The van der Waals surface area contributed by atoms with E-state index in [-0.39, 0.29) is 11.7 Å². The van der Waals surface area contributed by atoms with Crippen LogP contribution in [0.25, 0.3) is 0 Å². The van der Waals surface area contributed by atoms with Gasteiger partial charge in [-0.3, -0.25) is 0 Å². The van der Waals surface area contributed by atoms with Gasteiger partial charge in [-0.25, -0.2) is 13.2 Å². The zero-order valence-electron chi connectivity index (χ0n) is 16.2. The Morgan fingerprint density at radius 2 is 1.55 bits per heavy atom. The summed E-state index contributed by atoms with van der Waals surface area (Å²) in [6.45, 7) is 1.82. The summed E-state index contributed by atoms with van der Waals surface area (Å²) in [7, 11) is 0. The molecule has 0 aromatic heterocycles. The maximum absolute atomic E-state index is 14.5. The van der Waals surface area contributed by atoms with E-state index in [4.69, 9.17) is 0 Å². The van der Waals surface area contributed by atoms with Gasteiger partial charge in [0, 0.05) is 11.1 Å². The van der Waals surface area contributed by atoms with Crippen molar-refractivity contribution in [2.45, 2.75) is 38.5 Å². The van der Waals surface area contributed by atoms with Gasteiger partial charge in [0.25, 0.3) is 0 Å². The summed E-state index contributed by atoms with van der Waals surface area (Å²) in [6.07, 6.45) is 2.77. The third kappa shape index (κ3) is 4.07. The van der Waals surface area contributed by atoms with Gasteiger partial charge in [0.1, 0.15) is 5.82 Å². The minimum absolute atomic E-state index is 0.0148. The minimum atomic E-state index is -0.706. The fourth-order valence-corrected chi connectivity index (χ4v) is 3.97. The van der Waals surface area contributed by atoms with Gasteiger partial charge in [-0.05, 0) is 90.3 Å². The van der Waals surface area contributed by atoms with Crippen LogP contribution >= 0.6 is 0 Å². The number of halogens is 3. The highest BCUT2D eigenvalue weighted by atomic mass is 19.2. The van der Waals surface area contributed by atoms with Crippen LogP contribution in [0.1, 0.15) is 52.6 Å². The van der Waals surface area contributed by atoms with Crippen molar-refractivity contribution in [3.63, 3.8) is 0 Å². The van der Waals surface area contributed by atoms with E-state index in [0.29, 0.717) is 24.0 Å². The van der Waals surface area contributed by atoms with Crippen LogP contribution in [0.5, 0.6) is 0 Å². The van der Waals surface area contributed by atoms with Gasteiger partial charge in [0.05, 0.1) is 0 Å². The SMILES string of the molecule is CCc1ccc(C2CCc3cc(C#Cc4ccc(F)cc4)ccc3C2)c(F)c1F. The molecule has 0 saturated heterocycles. The Morgan fingerprint density at radius 1 is 0.828 bits per heavy atom. The van der Waals surface area contributed by atoms with Gasteiger partial charge in [-0.15, -0.1) is 0 Å². The number of rotatable bonds is 2. The maximum Gasteiger partial charge on any atom is 0.162 e. The van der Waals surface area contributed by atoms with Crippen LogP contribution < -0.4 is 0 Å². The molecular formula is C26H21F3. The van der Waals surface area contributed by atoms with Crippen molar-refractivity contribution in [3.05, 3.63) is 105 Å². The van der Waals surface area contributed by atoms with Crippen molar-refractivity contribution in [2.75, 3.05) is 0 Å². The number of benzene rings is 3. The van der Waals surface area contributed by atoms with E-state index < -0.39 is 11.6 Å². The third-order valence-corrected chi connectivity index (χ3v) is 5.64. The van der Waals surface area contributed by atoms with E-state index in [1.54, 1.807) is 24.3 Å². The summed E-state index contributed by atoms with van der Waals surface area (Å²) in [5, 5.41) is 0.